The van der Waals surface area contributed by atoms with Crippen LogP contribution in [0.15, 0.2) is 35.6 Å². The molecule has 0 bridgehead atoms. The zero-order valence-corrected chi connectivity index (χ0v) is 9.38. The molecule has 0 heterocycles. The monoisotopic (exact) mass is 221 g/mol. The number of amides is 1. The summed E-state index contributed by atoms with van der Waals surface area (Å²) in [6.07, 6.45) is 0. The molecule has 1 N–H and O–H groups in total. The van der Waals surface area contributed by atoms with E-state index in [4.69, 9.17) is 0 Å². The molecule has 0 radical (unpaired) electrons. The maximum absolute atomic E-state index is 11.6. The Balaban J connectivity index is 2.50. The molecule has 1 amide bonds. The predicted molar refractivity (Wildman–Crippen MR) is 61.5 cm³/mol. The third kappa shape index (κ3) is 3.34. The molecule has 0 atom stereocenters. The second-order valence-electron chi connectivity index (χ2n) is 3.64. The minimum Gasteiger partial charge on any atom is -0.333 e. The van der Waals surface area contributed by atoms with Crippen molar-refractivity contribution in [1.29, 1.82) is 0 Å². The highest BCUT2D eigenvalue weighted by atomic mass is 16.3. The molecule has 0 aliphatic heterocycles. The van der Waals surface area contributed by atoms with Crippen LogP contribution >= 0.6 is 0 Å². The molecule has 5 heteroatoms. The molecule has 5 nitrogen and oxygen atoms in total. The molecule has 1 rings (SSSR count). The van der Waals surface area contributed by atoms with Crippen LogP contribution in [0.4, 0.5) is 0 Å². The maximum atomic E-state index is 11.6. The molecule has 0 saturated carbocycles. The fourth-order valence-electron chi connectivity index (χ4n) is 1.15. The second-order valence-corrected chi connectivity index (χ2v) is 3.64. The van der Waals surface area contributed by atoms with Crippen LogP contribution in [0, 0.1) is 4.91 Å². The summed E-state index contributed by atoms with van der Waals surface area (Å²) in [4.78, 5) is 22.0. The number of carbonyl (C=O) groups is 1. The van der Waals surface area contributed by atoms with Crippen LogP contribution in [0.1, 0.15) is 24.2 Å². The van der Waals surface area contributed by atoms with E-state index < -0.39 is 0 Å². The van der Waals surface area contributed by atoms with Gasteiger partial charge in [-0.15, -0.1) is 4.91 Å². The standard InChI is InChI=1S/C11H15N3O2/c1-9(2)14(13-16)8-12-11(15)10-6-4-3-5-7-10/h3-7,9H,8H2,1-2H3,(H,12,15). The summed E-state index contributed by atoms with van der Waals surface area (Å²) in [5, 5.41) is 6.71. The van der Waals surface area contributed by atoms with E-state index in [2.05, 4.69) is 10.6 Å². The number of rotatable bonds is 5. The lowest BCUT2D eigenvalue weighted by molar-refractivity contribution is 0.0910. The summed E-state index contributed by atoms with van der Waals surface area (Å²) < 4.78 is 0. The number of nitrogens with one attached hydrogen (secondary N) is 1. The van der Waals surface area contributed by atoms with Crippen molar-refractivity contribution in [3.05, 3.63) is 40.8 Å². The molecular formula is C11H15N3O2. The lowest BCUT2D eigenvalue weighted by atomic mass is 10.2. The smallest absolute Gasteiger partial charge is 0.252 e. The van der Waals surface area contributed by atoms with Gasteiger partial charge in [0.05, 0.1) is 5.29 Å². The lowest BCUT2D eigenvalue weighted by Gasteiger charge is -2.19. The molecule has 0 aromatic heterocycles. The van der Waals surface area contributed by atoms with E-state index in [1.807, 2.05) is 19.9 Å². The van der Waals surface area contributed by atoms with E-state index in [-0.39, 0.29) is 18.6 Å². The molecule has 16 heavy (non-hydrogen) atoms. The van der Waals surface area contributed by atoms with E-state index in [1.54, 1.807) is 24.3 Å². The quantitative estimate of drug-likeness (QED) is 0.468. The van der Waals surface area contributed by atoms with Crippen LogP contribution in [-0.4, -0.2) is 23.6 Å². The van der Waals surface area contributed by atoms with Gasteiger partial charge in [0.2, 0.25) is 0 Å². The average Bonchev–Trinajstić information content (AvgIpc) is 2.30. The van der Waals surface area contributed by atoms with Crippen molar-refractivity contribution < 1.29 is 4.79 Å². The molecule has 0 unspecified atom stereocenters. The van der Waals surface area contributed by atoms with Gasteiger partial charge >= 0.3 is 0 Å². The summed E-state index contributed by atoms with van der Waals surface area (Å²) in [5.74, 6) is -0.213. The third-order valence-corrected chi connectivity index (χ3v) is 2.14. The summed E-state index contributed by atoms with van der Waals surface area (Å²) in [6, 6.07) is 8.80. The number of carbonyl (C=O) groups excluding carboxylic acids is 1. The SMILES string of the molecule is CC(C)N(CNC(=O)c1ccccc1)N=O. The van der Waals surface area contributed by atoms with Gasteiger partial charge < -0.3 is 5.32 Å². The fourth-order valence-corrected chi connectivity index (χ4v) is 1.15. The minimum atomic E-state index is -0.213. The largest absolute Gasteiger partial charge is 0.333 e. The van der Waals surface area contributed by atoms with Crippen molar-refractivity contribution in [1.82, 2.24) is 10.3 Å². The van der Waals surface area contributed by atoms with Crippen LogP contribution < -0.4 is 5.32 Å². The Morgan fingerprint density at radius 2 is 2.00 bits per heavy atom. The van der Waals surface area contributed by atoms with Crippen molar-refractivity contribution in [2.75, 3.05) is 6.67 Å². The molecule has 0 fully saturated rings. The normalized spacial score (nSPS) is 9.94. The molecule has 86 valence electrons. The fraction of sp³-hybridized carbons (Fsp3) is 0.364. The van der Waals surface area contributed by atoms with Crippen LogP contribution in [0.2, 0.25) is 0 Å². The first-order chi connectivity index (χ1) is 7.65. The number of hydrogen-bond acceptors (Lipinski definition) is 3. The van der Waals surface area contributed by atoms with Gasteiger partial charge in [0.25, 0.3) is 5.91 Å². The molecule has 0 aliphatic rings. The van der Waals surface area contributed by atoms with Gasteiger partial charge in [-0.05, 0) is 26.0 Å². The molecule has 0 aliphatic carbocycles. The average molecular weight is 221 g/mol. The molecular weight excluding hydrogens is 206 g/mol. The molecule has 1 aromatic rings. The van der Waals surface area contributed by atoms with Crippen molar-refractivity contribution in [3.8, 4) is 0 Å². The van der Waals surface area contributed by atoms with E-state index in [1.165, 1.54) is 5.01 Å². The van der Waals surface area contributed by atoms with E-state index in [0.717, 1.165) is 0 Å². The topological polar surface area (TPSA) is 61.8 Å². The van der Waals surface area contributed by atoms with Gasteiger partial charge in [0.1, 0.15) is 6.67 Å². The lowest BCUT2D eigenvalue weighted by Crippen LogP contribution is -2.37. The van der Waals surface area contributed by atoms with Crippen LogP contribution in [0.25, 0.3) is 0 Å². The first-order valence-electron chi connectivity index (χ1n) is 5.08. The van der Waals surface area contributed by atoms with E-state index >= 15 is 0 Å². The minimum absolute atomic E-state index is 0.0337. The Bertz CT molecular complexity index is 352. The number of nitrogens with zero attached hydrogens (tertiary/aromatic N) is 2. The van der Waals surface area contributed by atoms with Gasteiger partial charge in [-0.2, -0.15) is 0 Å². The summed E-state index contributed by atoms with van der Waals surface area (Å²) >= 11 is 0. The summed E-state index contributed by atoms with van der Waals surface area (Å²) in [7, 11) is 0. The van der Waals surface area contributed by atoms with Gasteiger partial charge in [-0.1, -0.05) is 18.2 Å². The zero-order chi connectivity index (χ0) is 12.0. The first kappa shape index (κ1) is 12.2. The predicted octanol–water partition coefficient (Wildman–Crippen LogP) is 1.77. The first-order valence-corrected chi connectivity index (χ1v) is 5.08. The number of nitroso groups, excluding NO2 is 1. The Morgan fingerprint density at radius 3 is 2.50 bits per heavy atom. The Morgan fingerprint density at radius 1 is 1.38 bits per heavy atom. The summed E-state index contributed by atoms with van der Waals surface area (Å²) in [6.45, 7) is 3.78. The van der Waals surface area contributed by atoms with Gasteiger partial charge in [0, 0.05) is 11.6 Å². The highest BCUT2D eigenvalue weighted by molar-refractivity contribution is 5.94. The van der Waals surface area contributed by atoms with Gasteiger partial charge in [-0.3, -0.25) is 4.79 Å². The Kier molecular flexibility index (Phi) is 4.44. The Labute approximate surface area is 94.4 Å². The molecule has 1 aromatic carbocycles. The Hall–Kier alpha value is -1.91. The highest BCUT2D eigenvalue weighted by Gasteiger charge is 2.10. The van der Waals surface area contributed by atoms with Crippen molar-refractivity contribution in [2.45, 2.75) is 19.9 Å². The van der Waals surface area contributed by atoms with Crippen molar-refractivity contribution in [3.63, 3.8) is 0 Å². The van der Waals surface area contributed by atoms with Crippen LogP contribution in [0.5, 0.6) is 0 Å². The van der Waals surface area contributed by atoms with Crippen molar-refractivity contribution in [2.24, 2.45) is 5.29 Å². The van der Waals surface area contributed by atoms with E-state index in [9.17, 15) is 9.70 Å². The van der Waals surface area contributed by atoms with Gasteiger partial charge in [0.15, 0.2) is 0 Å². The second kappa shape index (κ2) is 5.85. The molecule has 0 saturated heterocycles. The zero-order valence-electron chi connectivity index (χ0n) is 9.38. The van der Waals surface area contributed by atoms with Crippen LogP contribution in [0.3, 0.4) is 0 Å². The van der Waals surface area contributed by atoms with Crippen molar-refractivity contribution >= 4 is 5.91 Å². The van der Waals surface area contributed by atoms with Crippen LogP contribution in [-0.2, 0) is 0 Å². The molecule has 0 spiro atoms. The number of benzene rings is 1. The highest BCUT2D eigenvalue weighted by Crippen LogP contribution is 1.99. The number of hydrogen-bond donors (Lipinski definition) is 1. The van der Waals surface area contributed by atoms with E-state index in [0.29, 0.717) is 5.56 Å². The summed E-state index contributed by atoms with van der Waals surface area (Å²) in [5.41, 5.74) is 0.567. The maximum Gasteiger partial charge on any atom is 0.252 e. The van der Waals surface area contributed by atoms with Gasteiger partial charge in [-0.25, -0.2) is 5.01 Å². The third-order valence-electron chi connectivity index (χ3n) is 2.14.